The first-order valence-corrected chi connectivity index (χ1v) is 16.1. The van der Waals surface area contributed by atoms with Crippen molar-refractivity contribution in [2.24, 2.45) is 28.6 Å². The molecule has 0 bridgehead atoms. The Balaban J connectivity index is 1.33. The summed E-state index contributed by atoms with van der Waals surface area (Å²) in [6.07, 6.45) is 5.80. The number of aliphatic hydroxyl groups is 1. The van der Waals surface area contributed by atoms with Gasteiger partial charge in [0.25, 0.3) is 0 Å². The largest absolute Gasteiger partial charge is 0.482 e. The molecule has 0 aromatic heterocycles. The highest BCUT2D eigenvalue weighted by Gasteiger charge is 2.75. The molecule has 0 spiro atoms. The molecule has 0 heterocycles. The van der Waals surface area contributed by atoms with Gasteiger partial charge in [0.15, 0.2) is 40.2 Å². The second-order valence-corrected chi connectivity index (χ2v) is 14.4. The SMILES string of the molecule is C[C@@H]1C[C@H]2[C@@H]3CCC4=CC(=O)C=C[C@]4(C)[C@@]3(F)[C@@H](I=O)C[C@]2(C)[C@@]1(O)C(=O)COC(=O)COc1ccc(C(=O)O)cc1. The summed E-state index contributed by atoms with van der Waals surface area (Å²) in [5.74, 6) is -4.14. The topological polar surface area (TPSA) is 144 Å². The summed E-state index contributed by atoms with van der Waals surface area (Å²) in [6, 6.07) is 5.42. The van der Waals surface area contributed by atoms with Crippen molar-refractivity contribution in [3.05, 3.63) is 53.6 Å². The number of Topliss-reactive ketones (excluding diaryl/α,β-unsaturated/α-hetero) is 1. The van der Waals surface area contributed by atoms with Crippen molar-refractivity contribution in [3.63, 3.8) is 0 Å². The van der Waals surface area contributed by atoms with E-state index in [0.717, 1.165) is 0 Å². The number of halogens is 2. The molecule has 5 rings (SSSR count). The van der Waals surface area contributed by atoms with Crippen LogP contribution >= 0.6 is 21.2 Å². The first-order valence-electron chi connectivity index (χ1n) is 14.0. The zero-order chi connectivity index (χ0) is 30.7. The summed E-state index contributed by atoms with van der Waals surface area (Å²) in [5, 5.41) is 21.1. The van der Waals surface area contributed by atoms with Crippen molar-refractivity contribution in [2.45, 2.75) is 61.6 Å². The van der Waals surface area contributed by atoms with Crippen LogP contribution in [-0.4, -0.2) is 62.1 Å². The molecule has 226 valence electrons. The Morgan fingerprint density at radius 1 is 1.12 bits per heavy atom. The van der Waals surface area contributed by atoms with Crippen LogP contribution < -0.4 is 4.74 Å². The third-order valence-corrected chi connectivity index (χ3v) is 12.5. The number of carboxylic acid groups (broad SMARTS) is 1. The molecule has 3 saturated carbocycles. The van der Waals surface area contributed by atoms with E-state index in [1.807, 2.05) is 0 Å². The number of rotatable bonds is 8. The van der Waals surface area contributed by atoms with Gasteiger partial charge in [-0.05, 0) is 86.8 Å². The Kier molecular flexibility index (Phi) is 7.83. The minimum Gasteiger partial charge on any atom is -0.482 e. The molecular weight excluding hydrogens is 662 g/mol. The molecule has 1 aromatic rings. The van der Waals surface area contributed by atoms with E-state index >= 15 is 4.39 Å². The van der Waals surface area contributed by atoms with E-state index < -0.39 is 95.9 Å². The van der Waals surface area contributed by atoms with Crippen LogP contribution in [0.5, 0.6) is 5.75 Å². The molecule has 42 heavy (non-hydrogen) atoms. The third kappa shape index (κ3) is 4.40. The van der Waals surface area contributed by atoms with Gasteiger partial charge in [-0.15, -0.1) is 0 Å². The molecule has 8 atom stereocenters. The maximum absolute atomic E-state index is 17.6. The molecule has 11 heteroatoms. The molecule has 1 aromatic carbocycles. The zero-order valence-electron chi connectivity index (χ0n) is 23.6. The van der Waals surface area contributed by atoms with Gasteiger partial charge in [0.2, 0.25) is 5.78 Å². The number of carbonyl (C=O) groups excluding carboxylic acids is 3. The van der Waals surface area contributed by atoms with E-state index in [-0.39, 0.29) is 23.5 Å². The fraction of sp³-hybridized carbons (Fsp3) is 0.548. The first-order chi connectivity index (χ1) is 19.7. The first kappa shape index (κ1) is 30.7. The quantitative estimate of drug-likeness (QED) is 0.227. The monoisotopic (exact) mass is 696 g/mol. The average Bonchev–Trinajstić information content (AvgIpc) is 3.16. The number of hydrogen-bond acceptors (Lipinski definition) is 8. The number of esters is 1. The lowest BCUT2D eigenvalue weighted by molar-refractivity contribution is -0.182. The van der Waals surface area contributed by atoms with E-state index in [4.69, 9.17) is 14.6 Å². The highest BCUT2D eigenvalue weighted by Crippen LogP contribution is 2.72. The lowest BCUT2D eigenvalue weighted by Crippen LogP contribution is -2.68. The Labute approximate surface area is 253 Å². The minimum atomic E-state index is -1.93. The van der Waals surface area contributed by atoms with Gasteiger partial charge in [-0.25, -0.2) is 14.0 Å². The minimum absolute atomic E-state index is 0.0298. The van der Waals surface area contributed by atoms with Crippen molar-refractivity contribution >= 4 is 44.7 Å². The normalized spacial score (nSPS) is 38.5. The molecule has 0 radical (unpaired) electrons. The fourth-order valence-electron chi connectivity index (χ4n) is 8.31. The van der Waals surface area contributed by atoms with Crippen molar-refractivity contribution < 1.29 is 46.3 Å². The van der Waals surface area contributed by atoms with Crippen LogP contribution in [0.1, 0.15) is 56.8 Å². The van der Waals surface area contributed by atoms with E-state index in [1.54, 1.807) is 26.8 Å². The van der Waals surface area contributed by atoms with Gasteiger partial charge in [-0.3, -0.25) is 12.7 Å². The Morgan fingerprint density at radius 3 is 2.45 bits per heavy atom. The molecule has 0 amide bonds. The van der Waals surface area contributed by atoms with Gasteiger partial charge in [-0.1, -0.05) is 25.5 Å². The summed E-state index contributed by atoms with van der Waals surface area (Å²) in [7, 11) is 0. The van der Waals surface area contributed by atoms with Crippen molar-refractivity contribution in [1.29, 1.82) is 0 Å². The molecule has 4 aliphatic rings. The van der Waals surface area contributed by atoms with Crippen LogP contribution in [0.3, 0.4) is 0 Å². The molecular formula is C31H34FIO9. The number of alkyl halides is 2. The number of carboxylic acids is 1. The number of aromatic carboxylic acids is 1. The number of ether oxygens (including phenoxy) is 2. The van der Waals surface area contributed by atoms with Crippen LogP contribution in [0.2, 0.25) is 0 Å². The smallest absolute Gasteiger partial charge is 0.344 e. The van der Waals surface area contributed by atoms with Gasteiger partial charge < -0.3 is 19.7 Å². The molecule has 9 nitrogen and oxygen atoms in total. The number of allylic oxidation sites excluding steroid dienone is 4. The summed E-state index contributed by atoms with van der Waals surface area (Å²) in [4.78, 5) is 49.1. The van der Waals surface area contributed by atoms with Gasteiger partial charge in [0.1, 0.15) is 17.0 Å². The standard InChI is InChI=1S/C31H34FIO9/c1-17-12-23-22-9-6-19-13-20(34)10-11-28(19,2)30(22,32)24(33-40)14-29(23,3)31(17,39)25(35)15-42-26(36)16-41-21-7-4-18(5-8-21)27(37)38/h4-5,7-8,10-11,13,17,22-24,39H,6,9,12,14-16H2,1-3H3,(H,37,38)/t17-,22+,23+,24+,28+,29+,30+,31+/m1/s1. The average molecular weight is 697 g/mol. The number of benzene rings is 1. The van der Waals surface area contributed by atoms with Gasteiger partial charge in [0, 0.05) is 10.8 Å². The van der Waals surface area contributed by atoms with Gasteiger partial charge >= 0.3 is 11.9 Å². The number of hydrogen-bond donors (Lipinski definition) is 2. The Bertz CT molecular complexity index is 1410. The Hall–Kier alpha value is -2.80. The zero-order valence-corrected chi connectivity index (χ0v) is 25.8. The third-order valence-electron chi connectivity index (χ3n) is 10.5. The van der Waals surface area contributed by atoms with Crippen LogP contribution in [-0.2, 0) is 22.2 Å². The second kappa shape index (κ2) is 10.7. The number of fused-ring (bicyclic) bond motifs is 5. The highest BCUT2D eigenvalue weighted by molar-refractivity contribution is 14.1. The second-order valence-electron chi connectivity index (χ2n) is 12.4. The number of carbonyl (C=O) groups is 4. The summed E-state index contributed by atoms with van der Waals surface area (Å²) in [6.45, 7) is 4.03. The van der Waals surface area contributed by atoms with Crippen LogP contribution in [0.4, 0.5) is 4.39 Å². The predicted octanol–water partition coefficient (Wildman–Crippen LogP) is 4.55. The lowest BCUT2D eigenvalue weighted by Gasteiger charge is -2.62. The summed E-state index contributed by atoms with van der Waals surface area (Å²) in [5.41, 5.74) is -5.27. The lowest BCUT2D eigenvalue weighted by atomic mass is 9.45. The van der Waals surface area contributed by atoms with Crippen LogP contribution in [0, 0.1) is 28.6 Å². The molecule has 4 aliphatic carbocycles. The Morgan fingerprint density at radius 2 is 1.81 bits per heavy atom. The van der Waals surface area contributed by atoms with E-state index in [0.29, 0.717) is 24.8 Å². The van der Waals surface area contributed by atoms with Crippen LogP contribution in [0.25, 0.3) is 0 Å². The van der Waals surface area contributed by atoms with Gasteiger partial charge in [-0.2, -0.15) is 0 Å². The van der Waals surface area contributed by atoms with Crippen molar-refractivity contribution in [2.75, 3.05) is 13.2 Å². The molecule has 0 aliphatic heterocycles. The van der Waals surface area contributed by atoms with E-state index in [2.05, 4.69) is 0 Å². The molecule has 0 unspecified atom stereocenters. The highest BCUT2D eigenvalue weighted by atomic mass is 127. The summed E-state index contributed by atoms with van der Waals surface area (Å²) >= 11 is -1.90. The summed E-state index contributed by atoms with van der Waals surface area (Å²) < 4.78 is 40.0. The van der Waals surface area contributed by atoms with Crippen LogP contribution in [0.15, 0.2) is 48.1 Å². The van der Waals surface area contributed by atoms with Gasteiger partial charge in [0.05, 0.1) is 9.49 Å². The van der Waals surface area contributed by atoms with Crippen molar-refractivity contribution in [1.82, 2.24) is 0 Å². The molecule has 3 fully saturated rings. The molecule has 2 N–H and O–H groups in total. The maximum Gasteiger partial charge on any atom is 0.344 e. The maximum atomic E-state index is 17.6. The van der Waals surface area contributed by atoms with E-state index in [9.17, 15) is 27.4 Å². The fourth-order valence-corrected chi connectivity index (χ4v) is 10.9. The predicted molar refractivity (Wildman–Crippen MR) is 155 cm³/mol. The van der Waals surface area contributed by atoms with E-state index in [1.165, 1.54) is 36.4 Å². The number of ketones is 2. The molecule has 0 saturated heterocycles. The van der Waals surface area contributed by atoms with Crippen molar-refractivity contribution in [3.8, 4) is 5.75 Å².